The Balaban J connectivity index is 1.94. The number of rotatable bonds is 6. The maximum atomic E-state index is 12.2. The molecule has 2 rings (SSSR count). The number of hydrogen-bond donors (Lipinski definition) is 0. The normalized spacial score (nSPS) is 15.6. The summed E-state index contributed by atoms with van der Waals surface area (Å²) >= 11 is 0. The van der Waals surface area contributed by atoms with Crippen molar-refractivity contribution in [3.8, 4) is 11.5 Å². The van der Waals surface area contributed by atoms with E-state index >= 15 is 0 Å². The van der Waals surface area contributed by atoms with E-state index in [1.807, 2.05) is 30.1 Å². The van der Waals surface area contributed by atoms with Crippen molar-refractivity contribution in [1.29, 1.82) is 0 Å². The summed E-state index contributed by atoms with van der Waals surface area (Å²) in [7, 11) is 1.89. The van der Waals surface area contributed by atoms with Gasteiger partial charge in [0.1, 0.15) is 0 Å². The predicted molar refractivity (Wildman–Crippen MR) is 82.6 cm³/mol. The van der Waals surface area contributed by atoms with E-state index in [1.54, 1.807) is 0 Å². The molecule has 0 aromatic heterocycles. The molecule has 0 aliphatic carbocycles. The second-order valence-electron chi connectivity index (χ2n) is 5.96. The molecular formula is C17H25NO3. The van der Waals surface area contributed by atoms with Crippen LogP contribution in [0.25, 0.3) is 0 Å². The Kier molecular flexibility index (Phi) is 5.10. The third kappa shape index (κ3) is 3.90. The lowest BCUT2D eigenvalue weighted by Gasteiger charge is -2.26. The molecule has 1 amide bonds. The van der Waals surface area contributed by atoms with Gasteiger partial charge in [-0.1, -0.05) is 26.3 Å². The van der Waals surface area contributed by atoms with Crippen LogP contribution < -0.4 is 9.47 Å². The van der Waals surface area contributed by atoms with Crippen molar-refractivity contribution in [1.82, 2.24) is 4.90 Å². The molecule has 4 heteroatoms. The molecule has 0 spiro atoms. The van der Waals surface area contributed by atoms with Crippen LogP contribution in [-0.4, -0.2) is 30.7 Å². The Morgan fingerprint density at radius 3 is 2.71 bits per heavy atom. The summed E-state index contributed by atoms with van der Waals surface area (Å²) in [5, 5.41) is 0. The third-order valence-electron chi connectivity index (χ3n) is 4.24. The van der Waals surface area contributed by atoms with Gasteiger partial charge in [-0.05, 0) is 37.0 Å². The van der Waals surface area contributed by atoms with E-state index in [4.69, 9.17) is 9.47 Å². The first-order chi connectivity index (χ1) is 10.0. The Bertz CT molecular complexity index is 501. The second kappa shape index (κ2) is 6.83. The van der Waals surface area contributed by atoms with Gasteiger partial charge >= 0.3 is 0 Å². The van der Waals surface area contributed by atoms with Crippen LogP contribution in [0.2, 0.25) is 0 Å². The Hall–Kier alpha value is -1.71. The summed E-state index contributed by atoms with van der Waals surface area (Å²) in [4.78, 5) is 14.1. The van der Waals surface area contributed by atoms with Crippen molar-refractivity contribution in [2.45, 2.75) is 46.1 Å². The number of carbonyl (C=O) groups excluding carboxylic acids is 1. The predicted octanol–water partition coefficient (Wildman–Crippen LogP) is 3.24. The molecule has 0 bridgehead atoms. The minimum atomic E-state index is 0.168. The molecule has 1 aromatic rings. The topological polar surface area (TPSA) is 38.8 Å². The minimum Gasteiger partial charge on any atom is -0.454 e. The lowest BCUT2D eigenvalue weighted by molar-refractivity contribution is -0.132. The summed E-state index contributed by atoms with van der Waals surface area (Å²) < 4.78 is 10.7. The van der Waals surface area contributed by atoms with E-state index in [0.717, 1.165) is 29.9 Å². The van der Waals surface area contributed by atoms with Crippen molar-refractivity contribution in [2.75, 3.05) is 13.8 Å². The summed E-state index contributed by atoms with van der Waals surface area (Å²) in [6, 6.07) is 6.15. The van der Waals surface area contributed by atoms with Crippen LogP contribution in [0, 0.1) is 5.92 Å². The number of hydrogen-bond acceptors (Lipinski definition) is 3. The molecule has 116 valence electrons. The maximum Gasteiger partial charge on any atom is 0.231 e. The highest BCUT2D eigenvalue weighted by atomic mass is 16.7. The van der Waals surface area contributed by atoms with Crippen LogP contribution in [0.1, 0.15) is 39.2 Å². The van der Waals surface area contributed by atoms with Crippen LogP contribution in [-0.2, 0) is 11.2 Å². The van der Waals surface area contributed by atoms with Gasteiger partial charge in [0, 0.05) is 19.5 Å². The largest absolute Gasteiger partial charge is 0.454 e. The molecule has 2 atom stereocenters. The van der Waals surface area contributed by atoms with Gasteiger partial charge in [0.05, 0.1) is 0 Å². The molecular weight excluding hydrogens is 266 g/mol. The molecule has 0 radical (unpaired) electrons. The highest BCUT2D eigenvalue weighted by molar-refractivity contribution is 5.76. The SMILES string of the molecule is CC[C@H](C)CC(=O)N(C)C(C)Cc1ccc2c(c1)OCO2. The zero-order chi connectivity index (χ0) is 15.4. The van der Waals surface area contributed by atoms with Crippen LogP contribution in [0.3, 0.4) is 0 Å². The maximum absolute atomic E-state index is 12.2. The van der Waals surface area contributed by atoms with Crippen molar-refractivity contribution in [2.24, 2.45) is 5.92 Å². The van der Waals surface area contributed by atoms with Crippen molar-refractivity contribution in [3.05, 3.63) is 23.8 Å². The van der Waals surface area contributed by atoms with Crippen LogP contribution in [0.4, 0.5) is 0 Å². The van der Waals surface area contributed by atoms with Crippen LogP contribution >= 0.6 is 0 Å². The fourth-order valence-corrected chi connectivity index (χ4v) is 2.38. The lowest BCUT2D eigenvalue weighted by atomic mass is 10.0. The van der Waals surface area contributed by atoms with E-state index in [2.05, 4.69) is 20.8 Å². The number of fused-ring (bicyclic) bond motifs is 1. The molecule has 0 saturated heterocycles. The highest BCUT2D eigenvalue weighted by Crippen LogP contribution is 2.33. The molecule has 21 heavy (non-hydrogen) atoms. The first-order valence-corrected chi connectivity index (χ1v) is 7.65. The van der Waals surface area contributed by atoms with E-state index in [9.17, 15) is 4.79 Å². The van der Waals surface area contributed by atoms with E-state index in [-0.39, 0.29) is 11.9 Å². The van der Waals surface area contributed by atoms with Crippen molar-refractivity contribution < 1.29 is 14.3 Å². The number of likely N-dealkylation sites (N-methyl/N-ethyl adjacent to an activating group) is 1. The molecule has 1 aromatic carbocycles. The molecule has 4 nitrogen and oxygen atoms in total. The number of amides is 1. The summed E-state index contributed by atoms with van der Waals surface area (Å²) in [5.74, 6) is 2.26. The van der Waals surface area contributed by atoms with E-state index in [0.29, 0.717) is 19.1 Å². The van der Waals surface area contributed by atoms with Gasteiger partial charge in [0.25, 0.3) is 0 Å². The summed E-state index contributed by atoms with van der Waals surface area (Å²) in [6.07, 6.45) is 2.48. The van der Waals surface area contributed by atoms with Crippen molar-refractivity contribution in [3.63, 3.8) is 0 Å². The smallest absolute Gasteiger partial charge is 0.231 e. The Morgan fingerprint density at radius 2 is 2.00 bits per heavy atom. The minimum absolute atomic E-state index is 0.168. The van der Waals surface area contributed by atoms with Gasteiger partial charge in [-0.15, -0.1) is 0 Å². The number of ether oxygens (including phenoxy) is 2. The first kappa shape index (κ1) is 15.7. The number of benzene rings is 1. The van der Waals surface area contributed by atoms with Gasteiger partial charge in [-0.25, -0.2) is 0 Å². The lowest BCUT2D eigenvalue weighted by Crippen LogP contribution is -2.37. The van der Waals surface area contributed by atoms with Gasteiger partial charge in [-0.2, -0.15) is 0 Å². The van der Waals surface area contributed by atoms with Gasteiger partial charge in [-0.3, -0.25) is 4.79 Å². The van der Waals surface area contributed by atoms with Crippen LogP contribution in [0.15, 0.2) is 18.2 Å². The van der Waals surface area contributed by atoms with E-state index in [1.165, 1.54) is 0 Å². The first-order valence-electron chi connectivity index (χ1n) is 7.65. The average molecular weight is 291 g/mol. The molecule has 0 fully saturated rings. The third-order valence-corrected chi connectivity index (χ3v) is 4.24. The van der Waals surface area contributed by atoms with Crippen molar-refractivity contribution >= 4 is 5.91 Å². The fourth-order valence-electron chi connectivity index (χ4n) is 2.38. The standard InChI is InChI=1S/C17H25NO3/c1-5-12(2)8-17(19)18(4)13(3)9-14-6-7-15-16(10-14)21-11-20-15/h6-7,10,12-13H,5,8-9,11H2,1-4H3/t12-,13?/m0/s1. The van der Waals surface area contributed by atoms with Gasteiger partial charge in [0.15, 0.2) is 11.5 Å². The zero-order valence-corrected chi connectivity index (χ0v) is 13.4. The van der Waals surface area contributed by atoms with E-state index < -0.39 is 0 Å². The molecule has 1 unspecified atom stereocenters. The van der Waals surface area contributed by atoms with Gasteiger partial charge < -0.3 is 14.4 Å². The van der Waals surface area contributed by atoms with Crippen LogP contribution in [0.5, 0.6) is 11.5 Å². The Labute approximate surface area is 127 Å². The number of carbonyl (C=O) groups is 1. The summed E-state index contributed by atoms with van der Waals surface area (Å²) in [6.45, 7) is 6.61. The highest BCUT2D eigenvalue weighted by Gasteiger charge is 2.19. The fraction of sp³-hybridized carbons (Fsp3) is 0.588. The molecule has 1 aliphatic rings. The molecule has 0 N–H and O–H groups in total. The monoisotopic (exact) mass is 291 g/mol. The quantitative estimate of drug-likeness (QED) is 0.807. The molecule has 1 heterocycles. The zero-order valence-electron chi connectivity index (χ0n) is 13.4. The summed E-state index contributed by atoms with van der Waals surface area (Å²) in [5.41, 5.74) is 1.16. The Morgan fingerprint density at radius 1 is 1.29 bits per heavy atom. The second-order valence-corrected chi connectivity index (χ2v) is 5.96. The molecule has 1 aliphatic heterocycles. The molecule has 0 saturated carbocycles. The van der Waals surface area contributed by atoms with Gasteiger partial charge in [0.2, 0.25) is 12.7 Å². The number of nitrogens with zero attached hydrogens (tertiary/aromatic N) is 1. The average Bonchev–Trinajstić information content (AvgIpc) is 2.93.